The van der Waals surface area contributed by atoms with Crippen molar-refractivity contribution in [1.82, 2.24) is 0 Å². The quantitative estimate of drug-likeness (QED) is 0.106. The minimum Gasteiger partial charge on any atom is -0.494 e. The van der Waals surface area contributed by atoms with E-state index in [2.05, 4.69) is 0 Å². The number of carbonyl (C=O) groups is 2. The number of esters is 2. The number of sulfone groups is 2. The van der Waals surface area contributed by atoms with Gasteiger partial charge in [-0.25, -0.2) is 16.8 Å². The molecule has 0 aromatic heterocycles. The van der Waals surface area contributed by atoms with E-state index in [1.165, 1.54) is 72.8 Å². The van der Waals surface area contributed by atoms with Gasteiger partial charge in [0.2, 0.25) is 19.7 Å². The Balaban J connectivity index is 1.26. The lowest BCUT2D eigenvalue weighted by molar-refractivity contribution is -0.140. The lowest BCUT2D eigenvalue weighted by Crippen LogP contribution is -2.14. The van der Waals surface area contributed by atoms with E-state index in [9.17, 15) is 26.4 Å². The van der Waals surface area contributed by atoms with Gasteiger partial charge in [-0.1, -0.05) is 13.8 Å². The highest BCUT2D eigenvalue weighted by molar-refractivity contribution is 7.91. The molecule has 4 aromatic rings. The molecule has 242 valence electrons. The number of hydrogen-bond acceptors (Lipinski definition) is 10. The molecule has 0 atom stereocenters. The molecule has 4 aromatic carbocycles. The second-order valence-electron chi connectivity index (χ2n) is 10.0. The maximum atomic E-state index is 13.0. The fraction of sp³-hybridized carbons (Fsp3) is 0.235. The minimum atomic E-state index is -3.80. The Morgan fingerprint density at radius 3 is 0.978 bits per heavy atom. The first-order valence-electron chi connectivity index (χ1n) is 14.6. The van der Waals surface area contributed by atoms with Crippen LogP contribution in [-0.2, 0) is 29.3 Å². The monoisotopic (exact) mass is 666 g/mol. The Labute approximate surface area is 268 Å². The molecule has 0 aliphatic heterocycles. The fourth-order valence-electron chi connectivity index (χ4n) is 4.08. The normalized spacial score (nSPS) is 11.4. The minimum absolute atomic E-state index is 0.0202. The van der Waals surface area contributed by atoms with Crippen molar-refractivity contribution >= 4 is 31.6 Å². The summed E-state index contributed by atoms with van der Waals surface area (Å²) in [7, 11) is -7.60. The first-order valence-corrected chi connectivity index (χ1v) is 17.6. The predicted molar refractivity (Wildman–Crippen MR) is 169 cm³/mol. The maximum Gasteiger partial charge on any atom is 0.311 e. The number of ether oxygens (including phenoxy) is 4. The fourth-order valence-corrected chi connectivity index (χ4v) is 6.61. The summed E-state index contributed by atoms with van der Waals surface area (Å²) in [4.78, 5) is 24.8. The second-order valence-corrected chi connectivity index (χ2v) is 13.9. The Hall–Kier alpha value is -4.68. The molecule has 46 heavy (non-hydrogen) atoms. The molecular formula is C34H34O10S2. The smallest absolute Gasteiger partial charge is 0.311 e. The molecule has 0 heterocycles. The largest absolute Gasteiger partial charge is 0.494 e. The summed E-state index contributed by atoms with van der Waals surface area (Å²) in [5.41, 5.74) is 0. The van der Waals surface area contributed by atoms with Crippen LogP contribution in [0, 0.1) is 0 Å². The van der Waals surface area contributed by atoms with Crippen molar-refractivity contribution in [3.63, 3.8) is 0 Å². The Morgan fingerprint density at radius 1 is 0.457 bits per heavy atom. The molecule has 0 saturated heterocycles. The zero-order chi connectivity index (χ0) is 33.2. The summed E-state index contributed by atoms with van der Waals surface area (Å²) >= 11 is 0. The molecule has 0 radical (unpaired) electrons. The summed E-state index contributed by atoms with van der Waals surface area (Å²) in [5, 5.41) is 0. The van der Waals surface area contributed by atoms with Gasteiger partial charge >= 0.3 is 11.9 Å². The summed E-state index contributed by atoms with van der Waals surface area (Å²) in [6.45, 7) is 5.01. The van der Waals surface area contributed by atoms with E-state index >= 15 is 0 Å². The van der Waals surface area contributed by atoms with Gasteiger partial charge < -0.3 is 18.9 Å². The highest BCUT2D eigenvalue weighted by atomic mass is 32.2. The van der Waals surface area contributed by atoms with E-state index < -0.39 is 31.6 Å². The number of rotatable bonds is 15. The third-order valence-electron chi connectivity index (χ3n) is 6.48. The van der Waals surface area contributed by atoms with Gasteiger partial charge in [-0.2, -0.15) is 0 Å². The van der Waals surface area contributed by atoms with Crippen LogP contribution in [0.5, 0.6) is 23.0 Å². The molecule has 0 saturated carbocycles. The van der Waals surface area contributed by atoms with Gasteiger partial charge in [0.15, 0.2) is 0 Å². The first kappa shape index (κ1) is 34.2. The van der Waals surface area contributed by atoms with Crippen molar-refractivity contribution in [2.75, 3.05) is 13.2 Å². The van der Waals surface area contributed by atoms with Crippen LogP contribution in [0.3, 0.4) is 0 Å². The van der Waals surface area contributed by atoms with Crippen LogP contribution >= 0.6 is 0 Å². The zero-order valence-electron chi connectivity index (χ0n) is 25.4. The van der Waals surface area contributed by atoms with Crippen molar-refractivity contribution in [2.45, 2.75) is 59.1 Å². The Morgan fingerprint density at radius 2 is 0.717 bits per heavy atom. The van der Waals surface area contributed by atoms with E-state index in [4.69, 9.17) is 18.9 Å². The molecule has 0 N–H and O–H groups in total. The van der Waals surface area contributed by atoms with Crippen molar-refractivity contribution in [3.8, 4) is 23.0 Å². The molecule has 0 fully saturated rings. The number of benzene rings is 4. The summed E-state index contributed by atoms with van der Waals surface area (Å²) in [6.07, 6.45) is 1.07. The van der Waals surface area contributed by atoms with Gasteiger partial charge in [0.25, 0.3) is 0 Å². The van der Waals surface area contributed by atoms with Crippen molar-refractivity contribution in [1.29, 1.82) is 0 Å². The van der Waals surface area contributed by atoms with Gasteiger partial charge in [0.1, 0.15) is 23.0 Å². The van der Waals surface area contributed by atoms with Gasteiger partial charge in [0, 0.05) is 0 Å². The third kappa shape index (κ3) is 8.95. The predicted octanol–water partition coefficient (Wildman–Crippen LogP) is 6.22. The number of carbonyl (C=O) groups excluding carboxylic acids is 2. The topological polar surface area (TPSA) is 139 Å². The molecule has 0 unspecified atom stereocenters. The lowest BCUT2D eigenvalue weighted by Gasteiger charge is -2.09. The summed E-state index contributed by atoms with van der Waals surface area (Å²) in [6, 6.07) is 23.0. The highest BCUT2D eigenvalue weighted by Gasteiger charge is 2.20. The van der Waals surface area contributed by atoms with Crippen LogP contribution in [0.4, 0.5) is 0 Å². The zero-order valence-corrected chi connectivity index (χ0v) is 27.0. The van der Waals surface area contributed by atoms with Gasteiger partial charge in [-0.3, -0.25) is 9.59 Å². The van der Waals surface area contributed by atoms with Crippen LogP contribution in [-0.4, -0.2) is 42.0 Å². The molecule has 4 rings (SSSR count). The van der Waals surface area contributed by atoms with Crippen molar-refractivity contribution in [3.05, 3.63) is 97.1 Å². The average molecular weight is 667 g/mol. The number of hydrogen-bond donors (Lipinski definition) is 0. The molecular weight excluding hydrogens is 632 g/mol. The van der Waals surface area contributed by atoms with Gasteiger partial charge in [0.05, 0.1) is 45.6 Å². The molecule has 0 aliphatic rings. The van der Waals surface area contributed by atoms with Gasteiger partial charge in [-0.15, -0.1) is 0 Å². The average Bonchev–Trinajstić information content (AvgIpc) is 3.06. The van der Waals surface area contributed by atoms with Crippen LogP contribution in [0.15, 0.2) is 117 Å². The third-order valence-corrected chi connectivity index (χ3v) is 10.0. The SMILES string of the molecule is CCCOc1ccc(S(=O)(=O)c2ccc(OC(=O)CCC(=O)Oc3ccc(S(=O)(=O)c4ccc(OCCC)cc4)cc3)cc2)cc1. The molecule has 0 amide bonds. The van der Waals surface area contributed by atoms with Crippen LogP contribution in [0.2, 0.25) is 0 Å². The van der Waals surface area contributed by atoms with Crippen LogP contribution in [0.1, 0.15) is 39.5 Å². The molecule has 0 bridgehead atoms. The second kappa shape index (κ2) is 15.5. The molecule has 10 nitrogen and oxygen atoms in total. The molecule has 12 heteroatoms. The standard InChI is InChI=1S/C34H34O10S2/c1-3-23-41-25-5-13-29(14-6-25)45(37,38)31-17-9-27(10-18-31)43-33(35)21-22-34(36)44-28-11-19-32(20-12-28)46(39,40)30-15-7-26(8-16-30)42-24-4-2/h5-20H,3-4,21-24H2,1-2H3. The van der Waals surface area contributed by atoms with Crippen molar-refractivity contribution < 1.29 is 45.4 Å². The summed E-state index contributed by atoms with van der Waals surface area (Å²) in [5.74, 6) is -0.0648. The summed E-state index contributed by atoms with van der Waals surface area (Å²) < 4.78 is 73.3. The lowest BCUT2D eigenvalue weighted by atomic mass is 10.3. The van der Waals surface area contributed by atoms with E-state index in [1.807, 2.05) is 13.8 Å². The molecule has 0 aliphatic carbocycles. The maximum absolute atomic E-state index is 13.0. The Kier molecular flexibility index (Phi) is 11.6. The Bertz CT molecular complexity index is 1690. The van der Waals surface area contributed by atoms with Gasteiger partial charge in [-0.05, 0) is 110 Å². The van der Waals surface area contributed by atoms with Crippen LogP contribution in [0.25, 0.3) is 0 Å². The van der Waals surface area contributed by atoms with E-state index in [0.717, 1.165) is 12.8 Å². The first-order chi connectivity index (χ1) is 22.0. The van der Waals surface area contributed by atoms with E-state index in [1.54, 1.807) is 24.3 Å². The van der Waals surface area contributed by atoms with E-state index in [0.29, 0.717) is 24.7 Å². The van der Waals surface area contributed by atoms with Crippen molar-refractivity contribution in [2.24, 2.45) is 0 Å². The highest BCUT2D eigenvalue weighted by Crippen LogP contribution is 2.27. The molecule has 0 spiro atoms. The van der Waals surface area contributed by atoms with Crippen LogP contribution < -0.4 is 18.9 Å². The van der Waals surface area contributed by atoms with E-state index in [-0.39, 0.29) is 43.9 Å².